The van der Waals surface area contributed by atoms with Crippen molar-refractivity contribution in [2.45, 2.75) is 35.8 Å². The van der Waals surface area contributed by atoms with Crippen LogP contribution in [0.4, 0.5) is 4.39 Å². The number of piperidine rings is 1. The molecular weight excluding hydrogens is 437 g/mol. The van der Waals surface area contributed by atoms with Gasteiger partial charge < -0.3 is 19.1 Å². The number of benzene rings is 2. The maximum atomic E-state index is 13.1. The summed E-state index contributed by atoms with van der Waals surface area (Å²) in [6.45, 7) is 0.736. The molecular formula is C23H28FNO6S. The van der Waals surface area contributed by atoms with Crippen LogP contribution >= 0.6 is 0 Å². The molecule has 0 aromatic heterocycles. The molecule has 0 unspecified atom stereocenters. The molecule has 0 spiro atoms. The average molecular weight is 466 g/mol. The summed E-state index contributed by atoms with van der Waals surface area (Å²) in [5.74, 6) is 1.04. The van der Waals surface area contributed by atoms with E-state index in [0.29, 0.717) is 49.6 Å². The zero-order valence-corrected chi connectivity index (χ0v) is 19.3. The molecule has 9 heteroatoms. The van der Waals surface area contributed by atoms with E-state index in [1.807, 2.05) is 6.07 Å². The first kappa shape index (κ1) is 23.8. The molecule has 0 aliphatic carbocycles. The van der Waals surface area contributed by atoms with Gasteiger partial charge in [0, 0.05) is 19.5 Å². The second-order valence-corrected chi connectivity index (χ2v) is 9.80. The minimum absolute atomic E-state index is 0.0422. The van der Waals surface area contributed by atoms with Gasteiger partial charge in [-0.15, -0.1) is 0 Å². The van der Waals surface area contributed by atoms with Crippen molar-refractivity contribution in [1.82, 2.24) is 4.90 Å². The van der Waals surface area contributed by atoms with Crippen molar-refractivity contribution in [3.8, 4) is 17.2 Å². The summed E-state index contributed by atoms with van der Waals surface area (Å²) in [5.41, 5.74) is 0.826. The fraction of sp³-hybridized carbons (Fsp3) is 0.435. The predicted octanol–water partition coefficient (Wildman–Crippen LogP) is 3.25. The normalized spacial score (nSPS) is 14.8. The number of aryl methyl sites for hydroxylation is 1. The second-order valence-electron chi connectivity index (χ2n) is 7.57. The maximum Gasteiger partial charge on any atom is 0.222 e. The molecule has 1 aliphatic rings. The lowest BCUT2D eigenvalue weighted by molar-refractivity contribution is -0.132. The number of nitrogens with zero attached hydrogens (tertiary/aromatic N) is 1. The molecule has 0 bridgehead atoms. The standard InChI is InChI=1S/C23H28FNO6S/c1-29-20-10-4-16(22(30-2)23(20)31-3)5-11-21(26)25-14-12-19(13-15-25)32(27,28)18-8-6-17(24)7-9-18/h4,6-10,19H,5,11-15H2,1-3H3. The molecule has 1 heterocycles. The number of amides is 1. The average Bonchev–Trinajstić information content (AvgIpc) is 2.82. The van der Waals surface area contributed by atoms with Gasteiger partial charge in [0.25, 0.3) is 0 Å². The Morgan fingerprint density at radius 2 is 1.59 bits per heavy atom. The zero-order valence-electron chi connectivity index (χ0n) is 18.5. The van der Waals surface area contributed by atoms with Gasteiger partial charge in [-0.05, 0) is 55.2 Å². The quantitative estimate of drug-likeness (QED) is 0.557. The SMILES string of the molecule is COc1ccc(CCC(=O)N2CCC(S(=O)(=O)c3ccc(F)cc3)CC2)c(OC)c1OC. The van der Waals surface area contributed by atoms with Gasteiger partial charge in [0.15, 0.2) is 21.3 Å². The van der Waals surface area contributed by atoms with Gasteiger partial charge in [-0.1, -0.05) is 6.07 Å². The van der Waals surface area contributed by atoms with Crippen LogP contribution in [0.15, 0.2) is 41.3 Å². The second kappa shape index (κ2) is 10.2. The third-order valence-electron chi connectivity index (χ3n) is 5.77. The highest BCUT2D eigenvalue weighted by atomic mass is 32.2. The van der Waals surface area contributed by atoms with E-state index in [9.17, 15) is 17.6 Å². The zero-order chi connectivity index (χ0) is 23.3. The lowest BCUT2D eigenvalue weighted by Gasteiger charge is -2.32. The molecule has 0 N–H and O–H groups in total. The van der Waals surface area contributed by atoms with E-state index in [-0.39, 0.29) is 17.2 Å². The van der Waals surface area contributed by atoms with Crippen molar-refractivity contribution in [3.63, 3.8) is 0 Å². The Labute approximate surface area is 188 Å². The van der Waals surface area contributed by atoms with Gasteiger partial charge >= 0.3 is 0 Å². The third-order valence-corrected chi connectivity index (χ3v) is 8.05. The minimum atomic E-state index is -3.55. The van der Waals surface area contributed by atoms with Gasteiger partial charge in [-0.3, -0.25) is 4.79 Å². The van der Waals surface area contributed by atoms with Crippen LogP contribution in [0.3, 0.4) is 0 Å². The highest BCUT2D eigenvalue weighted by Gasteiger charge is 2.32. The van der Waals surface area contributed by atoms with Crippen molar-refractivity contribution in [3.05, 3.63) is 47.8 Å². The van der Waals surface area contributed by atoms with Crippen LogP contribution < -0.4 is 14.2 Å². The van der Waals surface area contributed by atoms with Gasteiger partial charge in [-0.2, -0.15) is 0 Å². The number of likely N-dealkylation sites (tertiary alicyclic amines) is 1. The first-order chi connectivity index (χ1) is 15.3. The van der Waals surface area contributed by atoms with Crippen molar-refractivity contribution in [2.24, 2.45) is 0 Å². The Balaban J connectivity index is 1.60. The molecule has 1 aliphatic heterocycles. The number of carbonyl (C=O) groups is 1. The molecule has 1 saturated heterocycles. The van der Waals surface area contributed by atoms with Crippen molar-refractivity contribution >= 4 is 15.7 Å². The summed E-state index contributed by atoms with van der Waals surface area (Å²) in [6.07, 6.45) is 1.42. The summed E-state index contributed by atoms with van der Waals surface area (Å²) < 4.78 is 54.9. The van der Waals surface area contributed by atoms with Gasteiger partial charge in [0.2, 0.25) is 11.7 Å². The summed E-state index contributed by atoms with van der Waals surface area (Å²) in [6, 6.07) is 8.49. The third kappa shape index (κ3) is 4.98. The molecule has 1 fully saturated rings. The van der Waals surface area contributed by atoms with Crippen LogP contribution in [-0.4, -0.2) is 58.9 Å². The molecule has 174 valence electrons. The topological polar surface area (TPSA) is 82.1 Å². The highest BCUT2D eigenvalue weighted by molar-refractivity contribution is 7.92. The molecule has 3 rings (SSSR count). The fourth-order valence-corrected chi connectivity index (χ4v) is 5.72. The Kier molecular flexibility index (Phi) is 7.60. The molecule has 2 aromatic carbocycles. The highest BCUT2D eigenvalue weighted by Crippen LogP contribution is 2.40. The van der Waals surface area contributed by atoms with E-state index in [4.69, 9.17) is 14.2 Å². The molecule has 2 aromatic rings. The molecule has 32 heavy (non-hydrogen) atoms. The number of hydrogen-bond donors (Lipinski definition) is 0. The fourth-order valence-electron chi connectivity index (χ4n) is 3.99. The van der Waals surface area contributed by atoms with Crippen molar-refractivity contribution in [1.29, 1.82) is 0 Å². The molecule has 0 atom stereocenters. The molecule has 0 saturated carbocycles. The number of carbonyl (C=O) groups excluding carboxylic acids is 1. The first-order valence-electron chi connectivity index (χ1n) is 10.4. The Bertz CT molecular complexity index is 1050. The summed E-state index contributed by atoms with van der Waals surface area (Å²) in [4.78, 5) is 14.6. The van der Waals surface area contributed by atoms with Crippen LogP contribution in [0.5, 0.6) is 17.2 Å². The van der Waals surface area contributed by atoms with Crippen LogP contribution in [0.2, 0.25) is 0 Å². The number of ether oxygens (including phenoxy) is 3. The number of rotatable bonds is 8. The van der Waals surface area contributed by atoms with E-state index in [2.05, 4.69) is 0 Å². The predicted molar refractivity (Wildman–Crippen MR) is 118 cm³/mol. The first-order valence-corrected chi connectivity index (χ1v) is 11.9. The number of hydrogen-bond acceptors (Lipinski definition) is 6. The monoisotopic (exact) mass is 465 g/mol. The van der Waals surface area contributed by atoms with Gasteiger partial charge in [0.05, 0.1) is 31.5 Å². The van der Waals surface area contributed by atoms with Crippen molar-refractivity contribution in [2.75, 3.05) is 34.4 Å². The molecule has 7 nitrogen and oxygen atoms in total. The van der Waals surface area contributed by atoms with Crippen LogP contribution in [0.1, 0.15) is 24.8 Å². The minimum Gasteiger partial charge on any atom is -0.493 e. The van der Waals surface area contributed by atoms with Crippen LogP contribution in [0.25, 0.3) is 0 Å². The molecule has 1 amide bonds. The lowest BCUT2D eigenvalue weighted by atomic mass is 10.1. The Hall–Kier alpha value is -2.81. The number of sulfone groups is 1. The van der Waals surface area contributed by atoms with E-state index in [1.165, 1.54) is 26.4 Å². The van der Waals surface area contributed by atoms with E-state index in [1.54, 1.807) is 18.1 Å². The smallest absolute Gasteiger partial charge is 0.222 e. The van der Waals surface area contributed by atoms with Crippen LogP contribution in [-0.2, 0) is 21.1 Å². The van der Waals surface area contributed by atoms with E-state index >= 15 is 0 Å². The van der Waals surface area contributed by atoms with Gasteiger partial charge in [0.1, 0.15) is 5.82 Å². The van der Waals surface area contributed by atoms with Crippen LogP contribution in [0, 0.1) is 5.82 Å². The summed E-state index contributed by atoms with van der Waals surface area (Å²) >= 11 is 0. The summed E-state index contributed by atoms with van der Waals surface area (Å²) in [7, 11) is 1.05. The van der Waals surface area contributed by atoms with Gasteiger partial charge in [-0.25, -0.2) is 12.8 Å². The summed E-state index contributed by atoms with van der Waals surface area (Å²) in [5, 5.41) is -0.581. The van der Waals surface area contributed by atoms with Crippen molar-refractivity contribution < 1.29 is 31.8 Å². The molecule has 0 radical (unpaired) electrons. The maximum absolute atomic E-state index is 13.1. The van der Waals surface area contributed by atoms with E-state index < -0.39 is 20.9 Å². The number of methoxy groups -OCH3 is 3. The lowest BCUT2D eigenvalue weighted by Crippen LogP contribution is -2.42. The largest absolute Gasteiger partial charge is 0.493 e. The Morgan fingerprint density at radius 3 is 2.16 bits per heavy atom. The number of halogens is 1. The van der Waals surface area contributed by atoms with E-state index in [0.717, 1.165) is 17.7 Å². The Morgan fingerprint density at radius 1 is 0.969 bits per heavy atom.